The molecule has 2 aromatic carbocycles. The number of pyridine rings is 2. The number of rotatable bonds is 5. The van der Waals surface area contributed by atoms with E-state index in [0.717, 1.165) is 11.1 Å². The number of carbonyl (C=O) groups excluding carboxylic acids is 1. The third-order valence-electron chi connectivity index (χ3n) is 5.34. The smallest absolute Gasteiger partial charge is 0.256 e. The van der Waals surface area contributed by atoms with Crippen molar-refractivity contribution in [3.63, 3.8) is 0 Å². The third kappa shape index (κ3) is 4.22. The molecule has 8 heteroatoms. The maximum atomic E-state index is 13.3. The molecular weight excluding hydrogens is 448 g/mol. The Morgan fingerprint density at radius 1 is 1.06 bits per heavy atom. The van der Waals surface area contributed by atoms with Crippen molar-refractivity contribution in [3.05, 3.63) is 107 Å². The lowest BCUT2D eigenvalue weighted by molar-refractivity contribution is 0.102. The van der Waals surface area contributed by atoms with Gasteiger partial charge in [-0.1, -0.05) is 35.9 Å². The number of halogens is 1. The number of fused-ring (bicyclic) bond motifs is 1. The van der Waals surface area contributed by atoms with Gasteiger partial charge in [0.05, 0.1) is 41.0 Å². The van der Waals surface area contributed by atoms with E-state index in [1.807, 2.05) is 36.4 Å². The quantitative estimate of drug-likeness (QED) is 0.379. The molecule has 7 nitrogen and oxygen atoms in total. The maximum absolute atomic E-state index is 13.3. The van der Waals surface area contributed by atoms with Crippen molar-refractivity contribution in [2.24, 2.45) is 0 Å². The van der Waals surface area contributed by atoms with Crippen LogP contribution in [0.3, 0.4) is 0 Å². The van der Waals surface area contributed by atoms with Crippen LogP contribution >= 0.6 is 11.6 Å². The van der Waals surface area contributed by atoms with Crippen LogP contribution < -0.4 is 5.32 Å². The van der Waals surface area contributed by atoms with Crippen molar-refractivity contribution in [1.82, 2.24) is 19.7 Å². The number of amides is 1. The Morgan fingerprint density at radius 3 is 2.74 bits per heavy atom. The summed E-state index contributed by atoms with van der Waals surface area (Å²) in [6.45, 7) is 0.401. The normalized spacial score (nSPS) is 10.7. The van der Waals surface area contributed by atoms with E-state index in [2.05, 4.69) is 21.5 Å². The number of nitriles is 1. The van der Waals surface area contributed by atoms with Gasteiger partial charge in [0.15, 0.2) is 5.65 Å². The molecule has 0 atom stereocenters. The van der Waals surface area contributed by atoms with Gasteiger partial charge in [-0.05, 0) is 48.0 Å². The van der Waals surface area contributed by atoms with Gasteiger partial charge in [0.25, 0.3) is 5.91 Å². The van der Waals surface area contributed by atoms with Crippen LogP contribution in [-0.2, 0) is 6.54 Å². The molecule has 34 heavy (non-hydrogen) atoms. The van der Waals surface area contributed by atoms with Gasteiger partial charge >= 0.3 is 0 Å². The Morgan fingerprint density at radius 2 is 1.94 bits per heavy atom. The summed E-state index contributed by atoms with van der Waals surface area (Å²) in [5, 5.41) is 17.8. The number of benzene rings is 2. The second-order valence-electron chi connectivity index (χ2n) is 7.57. The highest BCUT2D eigenvalue weighted by Gasteiger charge is 2.18. The average Bonchev–Trinajstić information content (AvgIpc) is 3.28. The van der Waals surface area contributed by atoms with E-state index >= 15 is 0 Å². The number of carbonyl (C=O) groups is 1. The summed E-state index contributed by atoms with van der Waals surface area (Å²) < 4.78 is 1.73. The van der Waals surface area contributed by atoms with Crippen molar-refractivity contribution < 1.29 is 4.79 Å². The number of nitrogens with one attached hydrogen (secondary N) is 1. The number of nitrogens with zero attached hydrogens (tertiary/aromatic N) is 5. The molecule has 0 saturated carbocycles. The van der Waals surface area contributed by atoms with Crippen LogP contribution in [0.15, 0.2) is 85.3 Å². The molecule has 0 radical (unpaired) electrons. The Kier molecular flexibility index (Phi) is 5.73. The van der Waals surface area contributed by atoms with E-state index < -0.39 is 0 Å². The zero-order valence-electron chi connectivity index (χ0n) is 17.8. The molecule has 3 aromatic heterocycles. The third-order valence-corrected chi connectivity index (χ3v) is 5.71. The molecule has 5 rings (SSSR count). The fourth-order valence-electron chi connectivity index (χ4n) is 3.67. The van der Waals surface area contributed by atoms with E-state index in [1.54, 1.807) is 53.6 Å². The van der Waals surface area contributed by atoms with Gasteiger partial charge in [-0.2, -0.15) is 10.4 Å². The number of hydrogen-bond donors (Lipinski definition) is 1. The second kappa shape index (κ2) is 9.14. The molecule has 1 N–H and O–H groups in total. The Bertz CT molecular complexity index is 1560. The molecule has 0 unspecified atom stereocenters. The van der Waals surface area contributed by atoms with E-state index in [1.165, 1.54) is 0 Å². The van der Waals surface area contributed by atoms with Crippen LogP contribution in [0.1, 0.15) is 21.5 Å². The topological polar surface area (TPSA) is 96.5 Å². The van der Waals surface area contributed by atoms with Crippen LogP contribution in [0.25, 0.3) is 22.3 Å². The van der Waals surface area contributed by atoms with E-state index in [9.17, 15) is 4.79 Å². The van der Waals surface area contributed by atoms with Gasteiger partial charge in [0.1, 0.15) is 0 Å². The van der Waals surface area contributed by atoms with Crippen molar-refractivity contribution in [1.29, 1.82) is 5.26 Å². The Balaban J connectivity index is 1.61. The molecule has 0 aliphatic heterocycles. The molecule has 0 saturated heterocycles. The van der Waals surface area contributed by atoms with Crippen molar-refractivity contribution in [3.8, 4) is 17.3 Å². The lowest BCUT2D eigenvalue weighted by Gasteiger charge is -2.10. The molecule has 0 aliphatic rings. The fourth-order valence-corrected chi connectivity index (χ4v) is 3.86. The lowest BCUT2D eigenvalue weighted by atomic mass is 10.1. The van der Waals surface area contributed by atoms with Crippen LogP contribution in [0.4, 0.5) is 5.69 Å². The highest BCUT2D eigenvalue weighted by atomic mass is 35.5. The molecule has 5 aromatic rings. The SMILES string of the molecule is N#Cc1cccc(NC(=O)c2cc(-c3cccnc3)nc3c2cnn3Cc2ccccc2Cl)c1. The summed E-state index contributed by atoms with van der Waals surface area (Å²) >= 11 is 6.36. The predicted molar refractivity (Wildman–Crippen MR) is 130 cm³/mol. The first kappa shape index (κ1) is 21.3. The summed E-state index contributed by atoms with van der Waals surface area (Å²) in [4.78, 5) is 22.3. The Labute approximate surface area is 200 Å². The van der Waals surface area contributed by atoms with Gasteiger partial charge in [-0.25, -0.2) is 9.67 Å². The summed E-state index contributed by atoms with van der Waals surface area (Å²) in [6.07, 6.45) is 5.01. The zero-order valence-corrected chi connectivity index (χ0v) is 18.6. The first-order valence-electron chi connectivity index (χ1n) is 10.4. The highest BCUT2D eigenvalue weighted by Crippen LogP contribution is 2.27. The first-order chi connectivity index (χ1) is 16.6. The van der Waals surface area contributed by atoms with Crippen LogP contribution in [-0.4, -0.2) is 25.7 Å². The van der Waals surface area contributed by atoms with E-state index in [0.29, 0.717) is 45.1 Å². The fraction of sp³-hybridized carbons (Fsp3) is 0.0385. The van der Waals surface area contributed by atoms with E-state index in [4.69, 9.17) is 21.8 Å². The summed E-state index contributed by atoms with van der Waals surface area (Å²) in [7, 11) is 0. The number of anilines is 1. The molecule has 0 bridgehead atoms. The first-order valence-corrected chi connectivity index (χ1v) is 10.8. The van der Waals surface area contributed by atoms with Gasteiger partial charge < -0.3 is 5.32 Å². The highest BCUT2D eigenvalue weighted by molar-refractivity contribution is 6.31. The average molecular weight is 465 g/mol. The summed E-state index contributed by atoms with van der Waals surface area (Å²) in [6, 6.07) is 21.8. The van der Waals surface area contributed by atoms with Crippen LogP contribution in [0, 0.1) is 11.3 Å². The monoisotopic (exact) mass is 464 g/mol. The molecule has 0 fully saturated rings. The van der Waals surface area contributed by atoms with Crippen LogP contribution in [0.2, 0.25) is 5.02 Å². The molecule has 3 heterocycles. The van der Waals surface area contributed by atoms with Crippen molar-refractivity contribution in [2.75, 3.05) is 5.32 Å². The lowest BCUT2D eigenvalue weighted by Crippen LogP contribution is -2.13. The maximum Gasteiger partial charge on any atom is 0.256 e. The number of aromatic nitrogens is 4. The largest absolute Gasteiger partial charge is 0.322 e. The number of hydrogen-bond acceptors (Lipinski definition) is 5. The molecule has 1 amide bonds. The second-order valence-corrected chi connectivity index (χ2v) is 7.98. The summed E-state index contributed by atoms with van der Waals surface area (Å²) in [5.41, 5.74) is 4.21. The van der Waals surface area contributed by atoms with Gasteiger partial charge in [-0.3, -0.25) is 9.78 Å². The van der Waals surface area contributed by atoms with Crippen LogP contribution in [0.5, 0.6) is 0 Å². The van der Waals surface area contributed by atoms with Gasteiger partial charge in [0.2, 0.25) is 0 Å². The Hall–Kier alpha value is -4.54. The minimum Gasteiger partial charge on any atom is -0.322 e. The van der Waals surface area contributed by atoms with Gasteiger partial charge in [0, 0.05) is 28.7 Å². The minimum atomic E-state index is -0.329. The van der Waals surface area contributed by atoms with E-state index in [-0.39, 0.29) is 5.91 Å². The van der Waals surface area contributed by atoms with Crippen molar-refractivity contribution in [2.45, 2.75) is 6.54 Å². The molecule has 0 spiro atoms. The van der Waals surface area contributed by atoms with Gasteiger partial charge in [-0.15, -0.1) is 0 Å². The molecule has 164 valence electrons. The predicted octanol–water partition coefficient (Wildman–Crippen LogP) is 5.32. The molecule has 0 aliphatic carbocycles. The standard InChI is InChI=1S/C26H17ClN6O/c27-23-9-2-1-6-19(23)16-33-25-22(15-30-33)21(12-24(32-25)18-7-4-10-29-14-18)26(34)31-20-8-3-5-17(11-20)13-28/h1-12,14-15H,16H2,(H,31,34). The molecular formula is C26H17ClN6O. The summed E-state index contributed by atoms with van der Waals surface area (Å²) in [5.74, 6) is -0.329. The zero-order chi connectivity index (χ0) is 23.5. The van der Waals surface area contributed by atoms with Crippen molar-refractivity contribution >= 4 is 34.2 Å². The minimum absolute atomic E-state index is 0.329.